The second kappa shape index (κ2) is 7.36. The molecule has 0 amide bonds. The van der Waals surface area contributed by atoms with Crippen LogP contribution in [0.15, 0.2) is 12.1 Å². The Bertz CT molecular complexity index is 648. The van der Waals surface area contributed by atoms with Crippen molar-refractivity contribution in [3.63, 3.8) is 0 Å². The number of halogens is 4. The second-order valence-electron chi connectivity index (χ2n) is 8.69. The predicted octanol–water partition coefficient (Wildman–Crippen LogP) is 6.17. The monoisotopic (exact) mass is 386 g/mol. The van der Waals surface area contributed by atoms with Crippen LogP contribution < -0.4 is 0 Å². The Kier molecular flexibility index (Phi) is 5.23. The molecule has 2 aliphatic carbocycles. The molecule has 0 aromatic heterocycles. The molecule has 3 aliphatic rings. The van der Waals surface area contributed by atoms with Gasteiger partial charge in [0, 0.05) is 11.5 Å². The van der Waals surface area contributed by atoms with Gasteiger partial charge < -0.3 is 9.47 Å². The highest BCUT2D eigenvalue weighted by atomic mass is 19.3. The first kappa shape index (κ1) is 19.2. The molecule has 2 nitrogen and oxygen atoms in total. The van der Waals surface area contributed by atoms with E-state index in [0.717, 1.165) is 18.1 Å². The van der Waals surface area contributed by atoms with Crippen LogP contribution in [0.2, 0.25) is 0 Å². The molecule has 0 atom stereocenters. The molecule has 4 rings (SSSR count). The van der Waals surface area contributed by atoms with Crippen molar-refractivity contribution in [1.29, 1.82) is 0 Å². The summed E-state index contributed by atoms with van der Waals surface area (Å²) < 4.78 is 64.2. The van der Waals surface area contributed by atoms with Gasteiger partial charge in [-0.05, 0) is 55.1 Å². The van der Waals surface area contributed by atoms with Crippen LogP contribution in [0.25, 0.3) is 0 Å². The number of hydrogen-bond donors (Lipinski definition) is 0. The van der Waals surface area contributed by atoms with Crippen molar-refractivity contribution in [2.75, 3.05) is 13.2 Å². The van der Waals surface area contributed by atoms with Crippen molar-refractivity contribution < 1.29 is 27.0 Å². The maximum absolute atomic E-state index is 13.8. The zero-order valence-corrected chi connectivity index (χ0v) is 15.5. The Hall–Kier alpha value is -1.14. The van der Waals surface area contributed by atoms with Crippen molar-refractivity contribution in [2.45, 2.75) is 58.2 Å². The first-order valence-electron chi connectivity index (χ1n) is 9.91. The molecule has 1 aromatic carbocycles. The summed E-state index contributed by atoms with van der Waals surface area (Å²) in [6, 6.07) is 1.77. The van der Waals surface area contributed by atoms with Gasteiger partial charge in [0.05, 0.1) is 18.8 Å². The molecule has 0 unspecified atom stereocenters. The first-order valence-corrected chi connectivity index (χ1v) is 9.91. The maximum Gasteiger partial charge on any atom is 0.269 e. The summed E-state index contributed by atoms with van der Waals surface area (Å²) in [6.45, 7) is 3.19. The van der Waals surface area contributed by atoms with Crippen molar-refractivity contribution in [1.82, 2.24) is 0 Å². The molecule has 1 saturated heterocycles. The van der Waals surface area contributed by atoms with Crippen LogP contribution in [0.5, 0.6) is 0 Å². The molecule has 0 N–H and O–H groups in total. The van der Waals surface area contributed by atoms with Crippen LogP contribution >= 0.6 is 0 Å². The van der Waals surface area contributed by atoms with Crippen molar-refractivity contribution >= 4 is 0 Å². The Morgan fingerprint density at radius 2 is 1.59 bits per heavy atom. The van der Waals surface area contributed by atoms with Crippen LogP contribution in [0.1, 0.15) is 69.3 Å². The van der Waals surface area contributed by atoms with E-state index in [1.54, 1.807) is 0 Å². The lowest BCUT2D eigenvalue weighted by atomic mass is 9.46. The molecule has 1 heterocycles. The minimum Gasteiger partial charge on any atom is -0.348 e. The Morgan fingerprint density at radius 3 is 2.11 bits per heavy atom. The van der Waals surface area contributed by atoms with Gasteiger partial charge in [-0.3, -0.25) is 0 Å². The number of rotatable bonds is 5. The van der Waals surface area contributed by atoms with Gasteiger partial charge in [-0.2, -0.15) is 0 Å². The third kappa shape index (κ3) is 3.63. The van der Waals surface area contributed by atoms with Gasteiger partial charge in [-0.1, -0.05) is 19.8 Å². The van der Waals surface area contributed by atoms with Gasteiger partial charge in [0.2, 0.25) is 0 Å². The molecular formula is C21H26F4O2. The average Bonchev–Trinajstić information content (AvgIpc) is 2.55. The molecule has 150 valence electrons. The fraction of sp³-hybridized carbons (Fsp3) is 0.714. The summed E-state index contributed by atoms with van der Waals surface area (Å²) in [5, 5.41) is 0. The summed E-state index contributed by atoms with van der Waals surface area (Å²) in [7, 11) is 0. The quantitative estimate of drug-likeness (QED) is 0.564. The van der Waals surface area contributed by atoms with Gasteiger partial charge >= 0.3 is 0 Å². The van der Waals surface area contributed by atoms with Crippen LogP contribution in [-0.4, -0.2) is 13.2 Å². The molecular weight excluding hydrogens is 360 g/mol. The maximum atomic E-state index is 13.8. The molecule has 1 aliphatic heterocycles. The van der Waals surface area contributed by atoms with E-state index < -0.39 is 29.9 Å². The Morgan fingerprint density at radius 1 is 1.00 bits per heavy atom. The summed E-state index contributed by atoms with van der Waals surface area (Å²) in [5.74, 6) is -0.737. The number of hydrogen-bond acceptors (Lipinski definition) is 2. The van der Waals surface area contributed by atoms with Gasteiger partial charge in [-0.25, -0.2) is 17.6 Å². The summed E-state index contributed by atoms with van der Waals surface area (Å²) >= 11 is 0. The second-order valence-corrected chi connectivity index (χ2v) is 8.69. The van der Waals surface area contributed by atoms with Crippen LogP contribution in [0.4, 0.5) is 17.6 Å². The highest BCUT2D eigenvalue weighted by Crippen LogP contribution is 2.63. The Labute approximate surface area is 157 Å². The fourth-order valence-corrected chi connectivity index (χ4v) is 5.43. The predicted molar refractivity (Wildman–Crippen MR) is 92.2 cm³/mol. The summed E-state index contributed by atoms with van der Waals surface area (Å²) in [4.78, 5) is 0. The van der Waals surface area contributed by atoms with Crippen molar-refractivity contribution in [3.8, 4) is 0 Å². The average molecular weight is 386 g/mol. The van der Waals surface area contributed by atoms with Crippen molar-refractivity contribution in [2.24, 2.45) is 23.2 Å². The Balaban J connectivity index is 1.29. The van der Waals surface area contributed by atoms with Gasteiger partial charge in [0.25, 0.3) is 6.43 Å². The normalized spacial score (nSPS) is 35.9. The number of benzene rings is 1. The molecule has 3 fully saturated rings. The summed E-state index contributed by atoms with van der Waals surface area (Å²) in [5.41, 5.74) is -0.535. The molecule has 27 heavy (non-hydrogen) atoms. The third-order valence-electron chi connectivity index (χ3n) is 6.71. The minimum atomic E-state index is -3.19. The van der Waals surface area contributed by atoms with E-state index in [1.165, 1.54) is 38.5 Å². The molecule has 1 aromatic rings. The standard InChI is InChI=1S/C21H26F4O2/c1-2-3-12-6-21(7-12)8-14(9-21)15-10-26-20(27-11-15)13-4-16(22)18(19(24)25)17(23)5-13/h4-5,12,14-15,19-20H,2-3,6-11H2,1H3. The molecule has 2 saturated carbocycles. The molecule has 6 heteroatoms. The van der Waals surface area contributed by atoms with Gasteiger partial charge in [0.15, 0.2) is 6.29 Å². The van der Waals surface area contributed by atoms with E-state index in [-0.39, 0.29) is 5.56 Å². The fourth-order valence-electron chi connectivity index (χ4n) is 5.43. The van der Waals surface area contributed by atoms with E-state index in [9.17, 15) is 17.6 Å². The van der Waals surface area contributed by atoms with E-state index >= 15 is 0 Å². The lowest BCUT2D eigenvalue weighted by molar-refractivity contribution is -0.229. The third-order valence-corrected chi connectivity index (χ3v) is 6.71. The topological polar surface area (TPSA) is 18.5 Å². The number of ether oxygens (including phenoxy) is 2. The molecule has 1 spiro atoms. The minimum absolute atomic E-state index is 0.110. The van der Waals surface area contributed by atoms with Crippen molar-refractivity contribution in [3.05, 3.63) is 34.9 Å². The molecule has 0 bridgehead atoms. The zero-order chi connectivity index (χ0) is 19.2. The van der Waals surface area contributed by atoms with Crippen LogP contribution in [0, 0.1) is 34.8 Å². The zero-order valence-electron chi connectivity index (χ0n) is 15.5. The van der Waals surface area contributed by atoms with Crippen LogP contribution in [0.3, 0.4) is 0 Å². The van der Waals surface area contributed by atoms with Gasteiger partial charge in [0.1, 0.15) is 11.6 Å². The SMILES string of the molecule is CCCC1CC2(C1)CC(C1COC(c3cc(F)c(C(F)F)c(F)c3)OC1)C2. The molecule has 0 radical (unpaired) electrons. The summed E-state index contributed by atoms with van der Waals surface area (Å²) in [6.07, 6.45) is 3.65. The van der Waals surface area contributed by atoms with E-state index in [2.05, 4.69) is 6.92 Å². The number of alkyl halides is 2. The smallest absolute Gasteiger partial charge is 0.269 e. The van der Waals surface area contributed by atoms with E-state index in [1.807, 2.05) is 0 Å². The van der Waals surface area contributed by atoms with Crippen LogP contribution in [-0.2, 0) is 9.47 Å². The highest BCUT2D eigenvalue weighted by molar-refractivity contribution is 5.28. The highest BCUT2D eigenvalue weighted by Gasteiger charge is 2.54. The lowest BCUT2D eigenvalue weighted by Gasteiger charge is -2.60. The van der Waals surface area contributed by atoms with E-state index in [4.69, 9.17) is 9.47 Å². The largest absolute Gasteiger partial charge is 0.348 e. The van der Waals surface area contributed by atoms with Gasteiger partial charge in [-0.15, -0.1) is 0 Å². The first-order chi connectivity index (χ1) is 12.9. The lowest BCUT2D eigenvalue weighted by Crippen LogP contribution is -2.51. The van der Waals surface area contributed by atoms with E-state index in [0.29, 0.717) is 30.5 Å².